The molecule has 4 aromatic rings. The molecule has 0 N–H and O–H groups in total. The molecule has 0 saturated carbocycles. The molecule has 31 heavy (non-hydrogen) atoms. The lowest BCUT2D eigenvalue weighted by Crippen LogP contribution is -2.44. The van der Waals surface area contributed by atoms with Crippen LogP contribution in [0.2, 0.25) is 0 Å². The molecule has 0 spiro atoms. The van der Waals surface area contributed by atoms with E-state index in [1.165, 1.54) is 16.8 Å². The second kappa shape index (κ2) is 7.91. The minimum atomic E-state index is -0.371. The van der Waals surface area contributed by atoms with Gasteiger partial charge in [-0.1, -0.05) is 66.7 Å². The van der Waals surface area contributed by atoms with Crippen LogP contribution in [-0.2, 0) is 0 Å². The van der Waals surface area contributed by atoms with Crippen LogP contribution in [0.15, 0.2) is 102 Å². The average Bonchev–Trinajstić information content (AvgIpc) is 2.84. The van der Waals surface area contributed by atoms with Crippen molar-refractivity contribution in [2.75, 3.05) is 23.1 Å². The van der Waals surface area contributed by atoms with Crippen molar-refractivity contribution in [1.29, 1.82) is 0 Å². The van der Waals surface area contributed by atoms with Crippen LogP contribution in [0.5, 0.6) is 0 Å². The molecule has 0 unspecified atom stereocenters. The third-order valence-electron chi connectivity index (χ3n) is 5.44. The number of para-hydroxylation sites is 1. The molecule has 1 aliphatic rings. The minimum Gasteiger partial charge on any atom is -0.346 e. The lowest BCUT2D eigenvalue weighted by Gasteiger charge is -2.36. The Morgan fingerprint density at radius 2 is 1.58 bits per heavy atom. The topological polar surface area (TPSA) is 62.0 Å². The van der Waals surface area contributed by atoms with E-state index in [2.05, 4.69) is 35.2 Å². The first-order chi connectivity index (χ1) is 15.2. The third-order valence-corrected chi connectivity index (χ3v) is 5.44. The lowest BCUT2D eigenvalue weighted by molar-refractivity contribution is -0.384. The van der Waals surface area contributed by atoms with Crippen molar-refractivity contribution in [2.24, 2.45) is 5.10 Å². The van der Waals surface area contributed by atoms with Gasteiger partial charge in [-0.05, 0) is 23.6 Å². The third kappa shape index (κ3) is 3.71. The normalized spacial score (nSPS) is 13.9. The van der Waals surface area contributed by atoms with E-state index in [1.54, 1.807) is 12.1 Å². The van der Waals surface area contributed by atoms with E-state index >= 15 is 0 Å². The van der Waals surface area contributed by atoms with Gasteiger partial charge in [0.1, 0.15) is 6.67 Å². The van der Waals surface area contributed by atoms with E-state index < -0.39 is 0 Å². The quantitative estimate of drug-likeness (QED) is 0.333. The number of benzene rings is 4. The molecule has 4 aromatic carbocycles. The molecule has 0 aromatic heterocycles. The first kappa shape index (κ1) is 18.8. The Morgan fingerprint density at radius 1 is 0.839 bits per heavy atom. The highest BCUT2D eigenvalue weighted by Crippen LogP contribution is 2.30. The van der Waals surface area contributed by atoms with Crippen molar-refractivity contribution in [3.63, 3.8) is 0 Å². The predicted molar refractivity (Wildman–Crippen MR) is 125 cm³/mol. The average molecular weight is 408 g/mol. The van der Waals surface area contributed by atoms with Gasteiger partial charge < -0.3 is 4.90 Å². The van der Waals surface area contributed by atoms with Crippen LogP contribution in [0.1, 0.15) is 5.56 Å². The summed E-state index contributed by atoms with van der Waals surface area (Å²) in [6.45, 7) is 1.13. The molecule has 0 radical (unpaired) electrons. The van der Waals surface area contributed by atoms with E-state index in [-0.39, 0.29) is 10.6 Å². The molecular formula is C25H20N4O2. The Hall–Kier alpha value is -4.19. The molecule has 5 rings (SSSR count). The molecule has 6 heteroatoms. The number of nitrogens with zero attached hydrogens (tertiary/aromatic N) is 4. The summed E-state index contributed by atoms with van der Waals surface area (Å²) in [6, 6.07) is 31.2. The smallest absolute Gasteiger partial charge is 0.270 e. The van der Waals surface area contributed by atoms with Crippen molar-refractivity contribution in [1.82, 2.24) is 0 Å². The van der Waals surface area contributed by atoms with Crippen molar-refractivity contribution in [2.45, 2.75) is 0 Å². The summed E-state index contributed by atoms with van der Waals surface area (Å²) in [7, 11) is 0. The van der Waals surface area contributed by atoms with Gasteiger partial charge in [-0.15, -0.1) is 0 Å². The number of hydrogen-bond acceptors (Lipinski definition) is 5. The number of fused-ring (bicyclic) bond motifs is 1. The van der Waals surface area contributed by atoms with E-state index in [0.29, 0.717) is 13.2 Å². The van der Waals surface area contributed by atoms with Gasteiger partial charge >= 0.3 is 0 Å². The fourth-order valence-electron chi connectivity index (χ4n) is 3.93. The number of hydrazone groups is 1. The largest absolute Gasteiger partial charge is 0.346 e. The summed E-state index contributed by atoms with van der Waals surface area (Å²) < 4.78 is 0. The SMILES string of the molecule is O=[N+]([O-])c1cccc(C2=NN(c3ccccc3)CN(c3cccc4ccccc34)C2)c1. The molecule has 0 bridgehead atoms. The van der Waals surface area contributed by atoms with Crippen LogP contribution < -0.4 is 9.91 Å². The van der Waals surface area contributed by atoms with Gasteiger partial charge in [0.2, 0.25) is 0 Å². The van der Waals surface area contributed by atoms with Gasteiger partial charge in [0.15, 0.2) is 0 Å². The molecule has 0 aliphatic carbocycles. The Labute approximate surface area is 179 Å². The highest BCUT2D eigenvalue weighted by atomic mass is 16.6. The summed E-state index contributed by atoms with van der Waals surface area (Å²) in [4.78, 5) is 13.2. The number of anilines is 2. The predicted octanol–water partition coefficient (Wildman–Crippen LogP) is 5.44. The maximum Gasteiger partial charge on any atom is 0.270 e. The van der Waals surface area contributed by atoms with E-state index in [4.69, 9.17) is 5.10 Å². The number of non-ortho nitro benzene ring substituents is 1. The zero-order valence-corrected chi connectivity index (χ0v) is 16.8. The highest BCUT2D eigenvalue weighted by molar-refractivity contribution is 6.06. The fraction of sp³-hybridized carbons (Fsp3) is 0.0800. The van der Waals surface area contributed by atoms with Gasteiger partial charge in [-0.3, -0.25) is 10.1 Å². The molecule has 0 fully saturated rings. The number of nitro groups is 1. The monoisotopic (exact) mass is 408 g/mol. The standard InChI is InChI=1S/C25H20N4O2/c30-29(31)22-13-6-10-20(16-22)24-17-27(18-28(26-24)21-11-2-1-3-12-21)25-15-7-9-19-8-4-5-14-23(19)25/h1-16H,17-18H2. The second-order valence-electron chi connectivity index (χ2n) is 7.43. The molecule has 0 amide bonds. The number of hydrogen-bond donors (Lipinski definition) is 0. The molecule has 0 saturated heterocycles. The Bertz CT molecular complexity index is 1280. The maximum absolute atomic E-state index is 11.3. The van der Waals surface area contributed by atoms with Crippen LogP contribution in [0, 0.1) is 10.1 Å². The van der Waals surface area contributed by atoms with Gasteiger partial charge in [-0.25, -0.2) is 5.01 Å². The van der Waals surface area contributed by atoms with Crippen molar-refractivity contribution in [3.05, 3.63) is 113 Å². The summed E-state index contributed by atoms with van der Waals surface area (Å²) in [6.07, 6.45) is 0. The molecular weight excluding hydrogens is 388 g/mol. The van der Waals surface area contributed by atoms with Crippen molar-refractivity contribution >= 4 is 33.5 Å². The van der Waals surface area contributed by atoms with Crippen LogP contribution in [0.3, 0.4) is 0 Å². The Balaban J connectivity index is 1.61. The Kier molecular flexibility index (Phi) is 4.80. The first-order valence-corrected chi connectivity index (χ1v) is 10.1. The van der Waals surface area contributed by atoms with Crippen LogP contribution >= 0.6 is 0 Å². The zero-order valence-electron chi connectivity index (χ0n) is 16.8. The molecule has 6 nitrogen and oxygen atoms in total. The van der Waals surface area contributed by atoms with E-state index in [9.17, 15) is 10.1 Å². The first-order valence-electron chi connectivity index (χ1n) is 10.1. The summed E-state index contributed by atoms with van der Waals surface area (Å²) in [5.41, 5.74) is 3.67. The summed E-state index contributed by atoms with van der Waals surface area (Å²) in [5.74, 6) is 0. The van der Waals surface area contributed by atoms with Gasteiger partial charge in [0, 0.05) is 28.8 Å². The van der Waals surface area contributed by atoms with Crippen molar-refractivity contribution < 1.29 is 4.92 Å². The van der Waals surface area contributed by atoms with Crippen molar-refractivity contribution in [3.8, 4) is 0 Å². The van der Waals surface area contributed by atoms with Gasteiger partial charge in [0.25, 0.3) is 5.69 Å². The number of nitro benzene ring substituents is 1. The highest BCUT2D eigenvalue weighted by Gasteiger charge is 2.24. The lowest BCUT2D eigenvalue weighted by atomic mass is 10.1. The Morgan fingerprint density at radius 3 is 2.42 bits per heavy atom. The number of rotatable bonds is 4. The molecule has 0 atom stereocenters. The summed E-state index contributed by atoms with van der Waals surface area (Å²) in [5, 5.41) is 20.4. The summed E-state index contributed by atoms with van der Waals surface area (Å²) >= 11 is 0. The van der Waals surface area contributed by atoms with Crippen LogP contribution in [0.4, 0.5) is 17.1 Å². The van der Waals surface area contributed by atoms with E-state index in [0.717, 1.165) is 22.6 Å². The zero-order chi connectivity index (χ0) is 21.2. The van der Waals surface area contributed by atoms with Crippen LogP contribution in [-0.4, -0.2) is 23.8 Å². The second-order valence-corrected chi connectivity index (χ2v) is 7.43. The molecule has 1 aliphatic heterocycles. The van der Waals surface area contributed by atoms with Crippen LogP contribution in [0.25, 0.3) is 10.8 Å². The fourth-order valence-corrected chi connectivity index (χ4v) is 3.93. The van der Waals surface area contributed by atoms with Gasteiger partial charge in [0.05, 0.1) is 22.9 Å². The molecule has 152 valence electrons. The van der Waals surface area contributed by atoms with E-state index in [1.807, 2.05) is 53.5 Å². The molecule has 1 heterocycles. The van der Waals surface area contributed by atoms with Gasteiger partial charge in [-0.2, -0.15) is 5.10 Å². The minimum absolute atomic E-state index is 0.0637. The maximum atomic E-state index is 11.3.